The fourth-order valence-corrected chi connectivity index (χ4v) is 4.23. The van der Waals surface area contributed by atoms with Crippen molar-refractivity contribution >= 4 is 23.2 Å². The second kappa shape index (κ2) is 7.99. The van der Waals surface area contributed by atoms with Crippen LogP contribution in [-0.4, -0.2) is 35.2 Å². The zero-order valence-corrected chi connectivity index (χ0v) is 15.9. The molecule has 26 heavy (non-hydrogen) atoms. The van der Waals surface area contributed by atoms with E-state index in [2.05, 4.69) is 0 Å². The molecule has 0 spiro atoms. The minimum absolute atomic E-state index is 0.0194. The monoisotopic (exact) mass is 374 g/mol. The fourth-order valence-electron chi connectivity index (χ4n) is 3.27. The van der Waals surface area contributed by atoms with Crippen molar-refractivity contribution in [2.24, 2.45) is 5.92 Å². The summed E-state index contributed by atoms with van der Waals surface area (Å²) in [5.41, 5.74) is 1.67. The maximum atomic E-state index is 13.9. The number of hydrogen-bond acceptors (Lipinski definition) is 3. The third-order valence-corrected chi connectivity index (χ3v) is 5.90. The molecule has 1 aromatic heterocycles. The van der Waals surface area contributed by atoms with Crippen molar-refractivity contribution in [1.82, 2.24) is 9.80 Å². The van der Waals surface area contributed by atoms with Crippen molar-refractivity contribution in [3.63, 3.8) is 0 Å². The molecule has 2 heterocycles. The Morgan fingerprint density at radius 3 is 2.81 bits per heavy atom. The standard InChI is InChI=1S/C20H23FN2O2S/c1-14-9-10-26-18(14)13-22(2)20(25)16-7-8-19(24)23(12-16)11-15-5-3-4-6-17(15)21/h3-6,9-10,16H,7-8,11-13H2,1-2H3/t16-/m0/s1. The molecule has 138 valence electrons. The number of nitrogens with zero attached hydrogens (tertiary/aromatic N) is 2. The first-order valence-electron chi connectivity index (χ1n) is 8.75. The van der Waals surface area contributed by atoms with E-state index in [1.807, 2.05) is 18.4 Å². The zero-order valence-electron chi connectivity index (χ0n) is 15.1. The van der Waals surface area contributed by atoms with Crippen molar-refractivity contribution in [2.45, 2.75) is 32.9 Å². The summed E-state index contributed by atoms with van der Waals surface area (Å²) in [5, 5.41) is 2.03. The van der Waals surface area contributed by atoms with E-state index >= 15 is 0 Å². The molecule has 0 unspecified atom stereocenters. The molecule has 1 atom stereocenters. The van der Waals surface area contributed by atoms with Gasteiger partial charge in [-0.1, -0.05) is 18.2 Å². The van der Waals surface area contributed by atoms with Crippen LogP contribution < -0.4 is 0 Å². The van der Waals surface area contributed by atoms with E-state index in [9.17, 15) is 14.0 Å². The van der Waals surface area contributed by atoms with E-state index in [0.29, 0.717) is 31.5 Å². The smallest absolute Gasteiger partial charge is 0.227 e. The molecule has 1 aliphatic heterocycles. The van der Waals surface area contributed by atoms with Crippen LogP contribution in [0.2, 0.25) is 0 Å². The van der Waals surface area contributed by atoms with Gasteiger partial charge < -0.3 is 9.80 Å². The first-order chi connectivity index (χ1) is 12.5. The Morgan fingerprint density at radius 2 is 2.12 bits per heavy atom. The second-order valence-electron chi connectivity index (χ2n) is 6.82. The van der Waals surface area contributed by atoms with Gasteiger partial charge in [0.25, 0.3) is 0 Å². The normalized spacial score (nSPS) is 17.4. The van der Waals surface area contributed by atoms with Crippen LogP contribution in [0.1, 0.15) is 28.8 Å². The number of carbonyl (C=O) groups is 2. The Balaban J connectivity index is 1.65. The molecule has 1 saturated heterocycles. The summed E-state index contributed by atoms with van der Waals surface area (Å²) in [4.78, 5) is 29.6. The summed E-state index contributed by atoms with van der Waals surface area (Å²) in [6.07, 6.45) is 0.885. The molecule has 0 aliphatic carbocycles. The van der Waals surface area contributed by atoms with Crippen LogP contribution in [0, 0.1) is 18.7 Å². The van der Waals surface area contributed by atoms with Crippen LogP contribution in [0.5, 0.6) is 0 Å². The lowest BCUT2D eigenvalue weighted by molar-refractivity contribution is -0.143. The number of likely N-dealkylation sites (tertiary alicyclic amines) is 1. The lowest BCUT2D eigenvalue weighted by Gasteiger charge is -2.34. The molecular weight excluding hydrogens is 351 g/mol. The lowest BCUT2D eigenvalue weighted by atomic mass is 9.95. The highest BCUT2D eigenvalue weighted by molar-refractivity contribution is 7.10. The Morgan fingerprint density at radius 1 is 1.35 bits per heavy atom. The van der Waals surface area contributed by atoms with Gasteiger partial charge in [0, 0.05) is 37.0 Å². The van der Waals surface area contributed by atoms with Gasteiger partial charge in [-0.15, -0.1) is 11.3 Å². The van der Waals surface area contributed by atoms with Gasteiger partial charge in [0.1, 0.15) is 5.82 Å². The van der Waals surface area contributed by atoms with Crippen molar-refractivity contribution < 1.29 is 14.0 Å². The number of benzene rings is 1. The summed E-state index contributed by atoms with van der Waals surface area (Å²) in [6.45, 7) is 3.18. The molecule has 2 aromatic rings. The minimum Gasteiger partial charge on any atom is -0.340 e. The average Bonchev–Trinajstić information content (AvgIpc) is 3.03. The van der Waals surface area contributed by atoms with Crippen LogP contribution >= 0.6 is 11.3 Å². The number of hydrogen-bond donors (Lipinski definition) is 0. The molecule has 0 N–H and O–H groups in total. The maximum Gasteiger partial charge on any atom is 0.227 e. The van der Waals surface area contributed by atoms with Gasteiger partial charge in [-0.2, -0.15) is 0 Å². The highest BCUT2D eigenvalue weighted by Gasteiger charge is 2.32. The van der Waals surface area contributed by atoms with E-state index in [0.717, 1.165) is 0 Å². The lowest BCUT2D eigenvalue weighted by Crippen LogP contribution is -2.45. The van der Waals surface area contributed by atoms with E-state index < -0.39 is 0 Å². The topological polar surface area (TPSA) is 40.6 Å². The van der Waals surface area contributed by atoms with Gasteiger partial charge in [-0.3, -0.25) is 9.59 Å². The van der Waals surface area contributed by atoms with Crippen LogP contribution in [0.4, 0.5) is 4.39 Å². The number of amides is 2. The highest BCUT2D eigenvalue weighted by atomic mass is 32.1. The second-order valence-corrected chi connectivity index (χ2v) is 7.82. The van der Waals surface area contributed by atoms with Crippen LogP contribution in [0.15, 0.2) is 35.7 Å². The third-order valence-electron chi connectivity index (χ3n) is 4.89. The number of aryl methyl sites for hydroxylation is 1. The summed E-state index contributed by atoms with van der Waals surface area (Å²) >= 11 is 1.65. The molecule has 1 aromatic carbocycles. The number of thiophene rings is 1. The Kier molecular flexibility index (Phi) is 5.71. The number of halogens is 1. The van der Waals surface area contributed by atoms with Crippen molar-refractivity contribution in [2.75, 3.05) is 13.6 Å². The SMILES string of the molecule is Cc1ccsc1CN(C)C(=O)[C@H]1CCC(=O)N(Cc2ccccc2F)C1. The molecule has 0 saturated carbocycles. The summed E-state index contributed by atoms with van der Waals surface area (Å²) < 4.78 is 13.9. The van der Waals surface area contributed by atoms with E-state index in [1.54, 1.807) is 46.4 Å². The maximum absolute atomic E-state index is 13.9. The van der Waals surface area contributed by atoms with Crippen molar-refractivity contribution in [1.29, 1.82) is 0 Å². The average molecular weight is 374 g/mol. The zero-order chi connectivity index (χ0) is 18.7. The predicted molar refractivity (Wildman–Crippen MR) is 100 cm³/mol. The highest BCUT2D eigenvalue weighted by Crippen LogP contribution is 2.24. The molecule has 0 radical (unpaired) electrons. The quantitative estimate of drug-likeness (QED) is 0.802. The Hall–Kier alpha value is -2.21. The van der Waals surface area contributed by atoms with Gasteiger partial charge >= 0.3 is 0 Å². The molecule has 1 aliphatic rings. The first kappa shape index (κ1) is 18.6. The van der Waals surface area contributed by atoms with Crippen LogP contribution in [-0.2, 0) is 22.7 Å². The van der Waals surface area contributed by atoms with Gasteiger partial charge in [0.05, 0.1) is 12.5 Å². The largest absolute Gasteiger partial charge is 0.340 e. The number of carbonyl (C=O) groups excluding carboxylic acids is 2. The third kappa shape index (κ3) is 4.12. The number of piperidine rings is 1. The molecule has 6 heteroatoms. The van der Waals surface area contributed by atoms with Crippen molar-refractivity contribution in [3.05, 3.63) is 57.5 Å². The fraction of sp³-hybridized carbons (Fsp3) is 0.400. The molecular formula is C20H23FN2O2S. The van der Waals surface area contributed by atoms with Gasteiger partial charge in [0.2, 0.25) is 11.8 Å². The van der Waals surface area contributed by atoms with E-state index in [-0.39, 0.29) is 30.1 Å². The number of rotatable bonds is 5. The van der Waals surface area contributed by atoms with Gasteiger partial charge in [0.15, 0.2) is 0 Å². The van der Waals surface area contributed by atoms with E-state index in [1.165, 1.54) is 16.5 Å². The van der Waals surface area contributed by atoms with Crippen LogP contribution in [0.25, 0.3) is 0 Å². The Labute approximate surface area is 157 Å². The summed E-state index contributed by atoms with van der Waals surface area (Å²) in [6, 6.07) is 8.51. The molecule has 1 fully saturated rings. The molecule has 0 bridgehead atoms. The van der Waals surface area contributed by atoms with E-state index in [4.69, 9.17) is 0 Å². The van der Waals surface area contributed by atoms with Gasteiger partial charge in [-0.25, -0.2) is 4.39 Å². The predicted octanol–water partition coefficient (Wildman–Crippen LogP) is 3.59. The Bertz CT molecular complexity index is 805. The molecule has 2 amide bonds. The first-order valence-corrected chi connectivity index (χ1v) is 9.63. The summed E-state index contributed by atoms with van der Waals surface area (Å²) in [7, 11) is 1.80. The van der Waals surface area contributed by atoms with Crippen LogP contribution in [0.3, 0.4) is 0 Å². The minimum atomic E-state index is -0.320. The van der Waals surface area contributed by atoms with Gasteiger partial charge in [-0.05, 0) is 36.4 Å². The van der Waals surface area contributed by atoms with Crippen molar-refractivity contribution in [3.8, 4) is 0 Å². The molecule has 4 nitrogen and oxygen atoms in total. The summed E-state index contributed by atoms with van der Waals surface area (Å²) in [5.74, 6) is -0.526. The molecule has 3 rings (SSSR count).